The first-order valence-electron chi connectivity index (χ1n) is 9.37. The van der Waals surface area contributed by atoms with Gasteiger partial charge in [0.15, 0.2) is 5.96 Å². The maximum Gasteiger partial charge on any atom is 0.191 e. The van der Waals surface area contributed by atoms with Crippen LogP contribution in [0.5, 0.6) is 0 Å². The maximum atomic E-state index is 5.28. The number of guanidine groups is 1. The van der Waals surface area contributed by atoms with Crippen molar-refractivity contribution >= 4 is 5.96 Å². The van der Waals surface area contributed by atoms with E-state index in [2.05, 4.69) is 29.5 Å². The van der Waals surface area contributed by atoms with Crippen LogP contribution in [-0.4, -0.2) is 64.3 Å². The van der Waals surface area contributed by atoms with Gasteiger partial charge in [0.05, 0.1) is 0 Å². The lowest BCUT2D eigenvalue weighted by Gasteiger charge is -2.41. The van der Waals surface area contributed by atoms with Crippen LogP contribution in [0.4, 0.5) is 0 Å². The SMILES string of the molecule is CCNC(=NCC1(CCOC)CCC1)NCC1CCCN(C)C1. The zero-order valence-electron chi connectivity index (χ0n) is 15.4. The standard InChI is InChI=1S/C18H36N4O/c1-4-19-17(20-13-16-7-5-11-22(2)14-16)21-15-18(8-6-9-18)10-12-23-3/h16H,4-15H2,1-3H3,(H2,19,20,21). The van der Waals surface area contributed by atoms with E-state index in [1.54, 1.807) is 7.11 Å². The van der Waals surface area contributed by atoms with E-state index in [4.69, 9.17) is 9.73 Å². The first kappa shape index (κ1) is 18.5. The second-order valence-corrected chi connectivity index (χ2v) is 7.44. The summed E-state index contributed by atoms with van der Waals surface area (Å²) in [6.07, 6.45) is 7.72. The lowest BCUT2D eigenvalue weighted by molar-refractivity contribution is 0.0778. The summed E-state index contributed by atoms with van der Waals surface area (Å²) in [5.74, 6) is 1.73. The normalized spacial score (nSPS) is 25.0. The molecule has 0 radical (unpaired) electrons. The molecule has 2 rings (SSSR count). The van der Waals surface area contributed by atoms with Crippen molar-refractivity contribution in [3.63, 3.8) is 0 Å². The lowest BCUT2D eigenvalue weighted by atomic mass is 9.67. The van der Waals surface area contributed by atoms with Crippen molar-refractivity contribution in [3.8, 4) is 0 Å². The van der Waals surface area contributed by atoms with E-state index in [-0.39, 0.29) is 0 Å². The molecule has 1 aliphatic heterocycles. The number of likely N-dealkylation sites (tertiary alicyclic amines) is 1. The van der Waals surface area contributed by atoms with Gasteiger partial charge in [-0.3, -0.25) is 4.99 Å². The molecule has 2 N–H and O–H groups in total. The van der Waals surface area contributed by atoms with Crippen molar-refractivity contribution in [2.45, 2.75) is 45.4 Å². The molecule has 0 aromatic carbocycles. The van der Waals surface area contributed by atoms with Crippen LogP contribution in [-0.2, 0) is 4.74 Å². The number of hydrogen-bond acceptors (Lipinski definition) is 3. The summed E-state index contributed by atoms with van der Waals surface area (Å²) in [5, 5.41) is 6.97. The Morgan fingerprint density at radius 3 is 2.74 bits per heavy atom. The summed E-state index contributed by atoms with van der Waals surface area (Å²) < 4.78 is 5.28. The van der Waals surface area contributed by atoms with Crippen LogP contribution in [0.15, 0.2) is 4.99 Å². The number of nitrogens with one attached hydrogen (secondary N) is 2. The molecule has 5 heteroatoms. The van der Waals surface area contributed by atoms with Crippen LogP contribution in [0.25, 0.3) is 0 Å². The molecule has 1 heterocycles. The molecule has 0 spiro atoms. The highest BCUT2D eigenvalue weighted by Gasteiger charge is 2.36. The first-order chi connectivity index (χ1) is 11.2. The number of ether oxygens (including phenoxy) is 1. The minimum atomic E-state index is 0.392. The van der Waals surface area contributed by atoms with E-state index in [0.717, 1.165) is 44.5 Å². The Kier molecular flexibility index (Phi) is 7.63. The maximum absolute atomic E-state index is 5.28. The van der Waals surface area contributed by atoms with Crippen molar-refractivity contribution in [1.29, 1.82) is 0 Å². The molecule has 1 saturated carbocycles. The summed E-state index contributed by atoms with van der Waals surface area (Å²) in [4.78, 5) is 7.33. The van der Waals surface area contributed by atoms with Gasteiger partial charge in [-0.15, -0.1) is 0 Å². The topological polar surface area (TPSA) is 48.9 Å². The summed E-state index contributed by atoms with van der Waals surface area (Å²) in [6, 6.07) is 0. The predicted molar refractivity (Wildman–Crippen MR) is 97.0 cm³/mol. The van der Waals surface area contributed by atoms with Crippen LogP contribution in [0, 0.1) is 11.3 Å². The van der Waals surface area contributed by atoms with E-state index >= 15 is 0 Å². The van der Waals surface area contributed by atoms with Crippen molar-refractivity contribution in [2.24, 2.45) is 16.3 Å². The van der Waals surface area contributed by atoms with Crippen molar-refractivity contribution in [3.05, 3.63) is 0 Å². The highest BCUT2D eigenvalue weighted by Crippen LogP contribution is 2.44. The zero-order chi connectivity index (χ0) is 16.5. The highest BCUT2D eigenvalue weighted by atomic mass is 16.5. The average Bonchev–Trinajstić information content (AvgIpc) is 2.51. The lowest BCUT2D eigenvalue weighted by Crippen LogP contribution is -2.44. The second-order valence-electron chi connectivity index (χ2n) is 7.44. The Labute approximate surface area is 142 Å². The van der Waals surface area contributed by atoms with Crippen molar-refractivity contribution in [1.82, 2.24) is 15.5 Å². The van der Waals surface area contributed by atoms with Crippen molar-refractivity contribution in [2.75, 3.05) is 53.5 Å². The minimum absolute atomic E-state index is 0.392. The van der Waals surface area contributed by atoms with Gasteiger partial charge in [-0.1, -0.05) is 6.42 Å². The molecule has 1 saturated heterocycles. The van der Waals surface area contributed by atoms with Gasteiger partial charge in [0, 0.05) is 39.9 Å². The third-order valence-electron chi connectivity index (χ3n) is 5.45. The smallest absolute Gasteiger partial charge is 0.191 e. The molecule has 1 unspecified atom stereocenters. The third kappa shape index (κ3) is 5.96. The molecule has 0 aromatic rings. The highest BCUT2D eigenvalue weighted by molar-refractivity contribution is 5.79. The molecule has 0 bridgehead atoms. The molecule has 0 amide bonds. The molecule has 2 fully saturated rings. The number of hydrogen-bond donors (Lipinski definition) is 2. The average molecular weight is 325 g/mol. The number of piperidine rings is 1. The molecule has 134 valence electrons. The number of rotatable bonds is 8. The molecule has 23 heavy (non-hydrogen) atoms. The van der Waals surface area contributed by atoms with Crippen LogP contribution >= 0.6 is 0 Å². The predicted octanol–water partition coefficient (Wildman–Crippen LogP) is 2.09. The van der Waals surface area contributed by atoms with Crippen LogP contribution < -0.4 is 10.6 Å². The van der Waals surface area contributed by atoms with Crippen LogP contribution in [0.3, 0.4) is 0 Å². The summed E-state index contributed by atoms with van der Waals surface area (Å²) >= 11 is 0. The van der Waals surface area contributed by atoms with Gasteiger partial charge in [-0.25, -0.2) is 0 Å². The molecule has 0 aromatic heterocycles. The van der Waals surface area contributed by atoms with Crippen LogP contribution in [0.2, 0.25) is 0 Å². The molecular weight excluding hydrogens is 288 g/mol. The first-order valence-corrected chi connectivity index (χ1v) is 9.37. The quantitative estimate of drug-likeness (QED) is 0.530. The molecule has 2 aliphatic rings. The Morgan fingerprint density at radius 1 is 1.30 bits per heavy atom. The fourth-order valence-corrected chi connectivity index (χ4v) is 3.75. The summed E-state index contributed by atoms with van der Waals surface area (Å²) in [7, 11) is 4.02. The summed E-state index contributed by atoms with van der Waals surface area (Å²) in [6.45, 7) is 8.30. The zero-order valence-corrected chi connectivity index (χ0v) is 15.4. The fourth-order valence-electron chi connectivity index (χ4n) is 3.75. The molecule has 1 aliphatic carbocycles. The fraction of sp³-hybridized carbons (Fsp3) is 0.944. The number of methoxy groups -OCH3 is 1. The van der Waals surface area contributed by atoms with Gasteiger partial charge in [-0.05, 0) is 64.0 Å². The minimum Gasteiger partial charge on any atom is -0.385 e. The number of aliphatic imine (C=N–C) groups is 1. The van der Waals surface area contributed by atoms with E-state index in [1.807, 2.05) is 0 Å². The summed E-state index contributed by atoms with van der Waals surface area (Å²) in [5.41, 5.74) is 0.392. The van der Waals surface area contributed by atoms with E-state index in [1.165, 1.54) is 45.2 Å². The van der Waals surface area contributed by atoms with Gasteiger partial charge in [-0.2, -0.15) is 0 Å². The number of nitrogens with zero attached hydrogens (tertiary/aromatic N) is 2. The van der Waals surface area contributed by atoms with E-state index in [0.29, 0.717) is 5.41 Å². The Hall–Kier alpha value is -0.810. The van der Waals surface area contributed by atoms with Gasteiger partial charge in [0.1, 0.15) is 0 Å². The van der Waals surface area contributed by atoms with Gasteiger partial charge in [0.25, 0.3) is 0 Å². The Morgan fingerprint density at radius 2 is 2.13 bits per heavy atom. The monoisotopic (exact) mass is 324 g/mol. The molecular formula is C18H36N4O. The Balaban J connectivity index is 1.81. The largest absolute Gasteiger partial charge is 0.385 e. The molecule has 5 nitrogen and oxygen atoms in total. The van der Waals surface area contributed by atoms with Gasteiger partial charge in [0.2, 0.25) is 0 Å². The van der Waals surface area contributed by atoms with E-state index < -0.39 is 0 Å². The van der Waals surface area contributed by atoms with Crippen molar-refractivity contribution < 1.29 is 4.74 Å². The van der Waals surface area contributed by atoms with E-state index in [9.17, 15) is 0 Å². The van der Waals surface area contributed by atoms with Gasteiger partial charge < -0.3 is 20.3 Å². The Bertz CT molecular complexity index is 368. The third-order valence-corrected chi connectivity index (χ3v) is 5.45. The van der Waals surface area contributed by atoms with Gasteiger partial charge >= 0.3 is 0 Å². The molecule has 1 atom stereocenters. The second kappa shape index (κ2) is 9.48. The van der Waals surface area contributed by atoms with Crippen LogP contribution in [0.1, 0.15) is 45.4 Å².